The van der Waals surface area contributed by atoms with Gasteiger partial charge in [-0.05, 0) is 12.1 Å². The van der Waals surface area contributed by atoms with Crippen molar-refractivity contribution in [1.29, 1.82) is 0 Å². The molecule has 0 aromatic heterocycles. The summed E-state index contributed by atoms with van der Waals surface area (Å²) >= 11 is 0. The van der Waals surface area contributed by atoms with Gasteiger partial charge in [-0.3, -0.25) is 0 Å². The van der Waals surface area contributed by atoms with Crippen molar-refractivity contribution < 1.29 is 4.74 Å². The van der Waals surface area contributed by atoms with Gasteiger partial charge in [0.15, 0.2) is 0 Å². The number of rotatable bonds is 0. The standard InChI is InChI=1S/C9H6O/c1-2-6-9-8(4-1)5-3-7-10-9/h1-4,6-7H. The van der Waals surface area contributed by atoms with Crippen LogP contribution < -0.4 is 4.74 Å². The number of hydrogen-bond donors (Lipinski definition) is 0. The zero-order chi connectivity index (χ0) is 6.81. The molecule has 1 aliphatic rings. The zero-order valence-corrected chi connectivity index (χ0v) is 5.37. The van der Waals surface area contributed by atoms with Crippen LogP contribution in [0.5, 0.6) is 5.75 Å². The first-order valence-electron chi connectivity index (χ1n) is 3.14. The molecule has 2 radical (unpaired) electrons. The Morgan fingerprint density at radius 1 is 1.20 bits per heavy atom. The average Bonchev–Trinajstić information content (AvgIpc) is 2.05. The minimum Gasteiger partial charge on any atom is -0.465 e. The lowest BCUT2D eigenvalue weighted by Gasteiger charge is -2.08. The predicted octanol–water partition coefficient (Wildman–Crippen LogP) is 2.02. The molecule has 0 unspecified atom stereocenters. The summed E-state index contributed by atoms with van der Waals surface area (Å²) in [4.78, 5) is 0. The molecular weight excluding hydrogens is 124 g/mol. The third kappa shape index (κ3) is 0.798. The Morgan fingerprint density at radius 3 is 3.00 bits per heavy atom. The van der Waals surface area contributed by atoms with Gasteiger partial charge in [0.1, 0.15) is 5.75 Å². The highest BCUT2D eigenvalue weighted by Gasteiger charge is 2.03. The Balaban J connectivity index is 2.47. The van der Waals surface area contributed by atoms with Gasteiger partial charge in [-0.1, -0.05) is 18.2 Å². The number of ether oxygens (including phenoxy) is 1. The second-order valence-corrected chi connectivity index (χ2v) is 2.06. The van der Waals surface area contributed by atoms with E-state index in [0.29, 0.717) is 0 Å². The van der Waals surface area contributed by atoms with E-state index in [4.69, 9.17) is 4.74 Å². The monoisotopic (exact) mass is 130 g/mol. The fourth-order valence-electron chi connectivity index (χ4n) is 0.920. The summed E-state index contributed by atoms with van der Waals surface area (Å²) in [6, 6.07) is 7.80. The highest BCUT2D eigenvalue weighted by atomic mass is 16.5. The topological polar surface area (TPSA) is 9.23 Å². The molecule has 0 saturated heterocycles. The van der Waals surface area contributed by atoms with Crippen molar-refractivity contribution in [3.8, 4) is 5.75 Å². The summed E-state index contributed by atoms with van der Waals surface area (Å²) in [7, 11) is 0. The van der Waals surface area contributed by atoms with Crippen LogP contribution in [0.15, 0.2) is 36.6 Å². The molecule has 0 spiro atoms. The normalized spacial score (nSPS) is 14.0. The van der Waals surface area contributed by atoms with Crippen molar-refractivity contribution in [2.75, 3.05) is 0 Å². The van der Waals surface area contributed by atoms with Crippen molar-refractivity contribution in [2.24, 2.45) is 0 Å². The summed E-state index contributed by atoms with van der Waals surface area (Å²) in [6.07, 6.45) is 6.45. The molecule has 1 aromatic carbocycles. The lowest BCUT2D eigenvalue weighted by atomic mass is 10.1. The van der Waals surface area contributed by atoms with E-state index in [0.717, 1.165) is 11.3 Å². The highest BCUT2D eigenvalue weighted by molar-refractivity contribution is 5.43. The molecule has 0 amide bonds. The van der Waals surface area contributed by atoms with Crippen molar-refractivity contribution in [2.45, 2.75) is 0 Å². The van der Waals surface area contributed by atoms with Crippen LogP contribution in [-0.2, 0) is 0 Å². The van der Waals surface area contributed by atoms with Gasteiger partial charge in [-0.2, -0.15) is 0 Å². The minimum atomic E-state index is 0.880. The molecule has 10 heavy (non-hydrogen) atoms. The number of allylic oxidation sites excluding steroid dienone is 1. The van der Waals surface area contributed by atoms with E-state index in [9.17, 15) is 0 Å². The molecule has 0 N–H and O–H groups in total. The number of para-hydroxylation sites is 1. The summed E-state index contributed by atoms with van der Waals surface area (Å²) in [5, 5.41) is 0. The first-order chi connectivity index (χ1) is 4.97. The first-order valence-corrected chi connectivity index (χ1v) is 3.14. The molecule has 0 fully saturated rings. The van der Waals surface area contributed by atoms with E-state index in [2.05, 4.69) is 6.42 Å². The molecule has 2 rings (SSSR count). The van der Waals surface area contributed by atoms with Gasteiger partial charge in [-0.25, -0.2) is 0 Å². The molecule has 1 heteroatoms. The molecule has 1 nitrogen and oxygen atoms in total. The molecule has 0 aliphatic carbocycles. The van der Waals surface area contributed by atoms with Gasteiger partial charge in [0.05, 0.1) is 6.26 Å². The molecule has 0 bridgehead atoms. The third-order valence-corrected chi connectivity index (χ3v) is 1.39. The molecule has 48 valence electrons. The van der Waals surface area contributed by atoms with Crippen LogP contribution in [0.25, 0.3) is 0 Å². The van der Waals surface area contributed by atoms with Gasteiger partial charge in [0.2, 0.25) is 0 Å². The van der Waals surface area contributed by atoms with Crippen LogP contribution in [0, 0.1) is 6.42 Å². The maximum absolute atomic E-state index is 5.18. The predicted molar refractivity (Wildman–Crippen MR) is 38.6 cm³/mol. The lowest BCUT2D eigenvalue weighted by Crippen LogP contribution is -1.92. The largest absolute Gasteiger partial charge is 0.465 e. The quantitative estimate of drug-likeness (QED) is 0.522. The van der Waals surface area contributed by atoms with Crippen LogP contribution in [0.3, 0.4) is 0 Å². The van der Waals surface area contributed by atoms with Crippen molar-refractivity contribution in [3.05, 3.63) is 48.6 Å². The molecule has 0 saturated carbocycles. The Bertz CT molecular complexity index is 236. The van der Waals surface area contributed by atoms with Crippen LogP contribution in [0.4, 0.5) is 0 Å². The van der Waals surface area contributed by atoms with Gasteiger partial charge < -0.3 is 4.74 Å². The number of hydrogen-bond acceptors (Lipinski definition) is 1. The van der Waals surface area contributed by atoms with E-state index < -0.39 is 0 Å². The first kappa shape index (κ1) is 5.54. The smallest absolute Gasteiger partial charge is 0.130 e. The SMILES string of the molecule is [C]1C=COc2ccccc21. The third-order valence-electron chi connectivity index (χ3n) is 1.39. The van der Waals surface area contributed by atoms with Crippen molar-refractivity contribution in [3.63, 3.8) is 0 Å². The fraction of sp³-hybridized carbons (Fsp3) is 0. The Labute approximate surface area is 59.9 Å². The molecule has 1 aromatic rings. The van der Waals surface area contributed by atoms with E-state index in [1.165, 1.54) is 0 Å². The second kappa shape index (κ2) is 2.18. The van der Waals surface area contributed by atoms with Crippen LogP contribution in [0.1, 0.15) is 5.56 Å². The lowest BCUT2D eigenvalue weighted by molar-refractivity contribution is 0.472. The van der Waals surface area contributed by atoms with Crippen molar-refractivity contribution in [1.82, 2.24) is 0 Å². The van der Waals surface area contributed by atoms with Gasteiger partial charge in [-0.15, -0.1) is 0 Å². The summed E-state index contributed by atoms with van der Waals surface area (Å²) < 4.78 is 5.18. The second-order valence-electron chi connectivity index (χ2n) is 2.06. The van der Waals surface area contributed by atoms with Gasteiger partial charge in [0.25, 0.3) is 0 Å². The van der Waals surface area contributed by atoms with Crippen LogP contribution >= 0.6 is 0 Å². The number of benzene rings is 1. The Morgan fingerprint density at radius 2 is 2.10 bits per heavy atom. The Hall–Kier alpha value is -1.24. The van der Waals surface area contributed by atoms with Crippen molar-refractivity contribution >= 4 is 0 Å². The van der Waals surface area contributed by atoms with E-state index in [1.807, 2.05) is 24.3 Å². The maximum Gasteiger partial charge on any atom is 0.130 e. The summed E-state index contributed by atoms with van der Waals surface area (Å²) in [5.41, 5.74) is 1.02. The zero-order valence-electron chi connectivity index (χ0n) is 5.37. The van der Waals surface area contributed by atoms with Crippen LogP contribution in [0.2, 0.25) is 0 Å². The van der Waals surface area contributed by atoms with E-state index in [1.54, 1.807) is 12.3 Å². The fourth-order valence-corrected chi connectivity index (χ4v) is 0.920. The molecule has 0 atom stereocenters. The summed E-state index contributed by atoms with van der Waals surface area (Å²) in [5.74, 6) is 0.880. The Kier molecular flexibility index (Phi) is 1.21. The van der Waals surface area contributed by atoms with Gasteiger partial charge >= 0.3 is 0 Å². The van der Waals surface area contributed by atoms with Gasteiger partial charge in [0, 0.05) is 12.0 Å². The van der Waals surface area contributed by atoms with Crippen LogP contribution in [-0.4, -0.2) is 0 Å². The molecular formula is C9H6O. The molecule has 1 aliphatic heterocycles. The number of fused-ring (bicyclic) bond motifs is 1. The van der Waals surface area contributed by atoms with E-state index in [-0.39, 0.29) is 0 Å². The minimum absolute atomic E-state index is 0.880. The summed E-state index contributed by atoms with van der Waals surface area (Å²) in [6.45, 7) is 0. The molecule has 1 heterocycles. The average molecular weight is 130 g/mol. The van der Waals surface area contributed by atoms with E-state index >= 15 is 0 Å². The highest BCUT2D eigenvalue weighted by Crippen LogP contribution is 2.22. The maximum atomic E-state index is 5.18.